The van der Waals surface area contributed by atoms with Crippen LogP contribution >= 0.6 is 22.6 Å². The van der Waals surface area contributed by atoms with Crippen molar-refractivity contribution in [3.8, 4) is 5.75 Å². The normalized spacial score (nSPS) is 9.95. The highest BCUT2D eigenvalue weighted by Crippen LogP contribution is 2.19. The number of amides is 1. The highest BCUT2D eigenvalue weighted by Gasteiger charge is 2.05. The van der Waals surface area contributed by atoms with E-state index in [1.807, 2.05) is 36.4 Å². The summed E-state index contributed by atoms with van der Waals surface area (Å²) in [5.74, 6) is 0.296. The second kappa shape index (κ2) is 6.42. The SMILES string of the molecule is Nc1ccccc1OCC(=O)Nc1ccc(I)cc1. The number of nitrogens with two attached hydrogens (primary N) is 1. The molecule has 0 unspecified atom stereocenters. The van der Waals surface area contributed by atoms with Crippen LogP contribution in [-0.4, -0.2) is 12.5 Å². The molecule has 2 aromatic rings. The minimum atomic E-state index is -0.218. The van der Waals surface area contributed by atoms with Gasteiger partial charge in [-0.15, -0.1) is 0 Å². The number of hydrogen-bond donors (Lipinski definition) is 2. The van der Waals surface area contributed by atoms with Gasteiger partial charge in [0, 0.05) is 9.26 Å². The van der Waals surface area contributed by atoms with Crippen LogP contribution in [0.1, 0.15) is 0 Å². The number of carbonyl (C=O) groups is 1. The van der Waals surface area contributed by atoms with Gasteiger partial charge in [-0.1, -0.05) is 12.1 Å². The minimum Gasteiger partial charge on any atom is -0.482 e. The molecule has 0 saturated heterocycles. The summed E-state index contributed by atoms with van der Waals surface area (Å²) in [6, 6.07) is 14.6. The third-order valence-electron chi connectivity index (χ3n) is 2.41. The van der Waals surface area contributed by atoms with Crippen LogP contribution in [0.4, 0.5) is 11.4 Å². The fourth-order valence-electron chi connectivity index (χ4n) is 1.49. The summed E-state index contributed by atoms with van der Waals surface area (Å²) in [7, 11) is 0. The van der Waals surface area contributed by atoms with Crippen LogP contribution in [0.2, 0.25) is 0 Å². The molecule has 0 radical (unpaired) electrons. The number of nitrogen functional groups attached to an aromatic ring is 1. The van der Waals surface area contributed by atoms with E-state index in [4.69, 9.17) is 10.5 Å². The summed E-state index contributed by atoms with van der Waals surface area (Å²) >= 11 is 2.21. The second-order valence-corrected chi connectivity index (χ2v) is 5.13. The molecule has 98 valence electrons. The molecule has 1 amide bonds. The van der Waals surface area contributed by atoms with Gasteiger partial charge in [0.15, 0.2) is 6.61 Å². The molecule has 0 saturated carbocycles. The molecule has 3 N–H and O–H groups in total. The molecule has 0 spiro atoms. The Hall–Kier alpha value is -1.76. The van der Waals surface area contributed by atoms with Gasteiger partial charge in [0.25, 0.3) is 5.91 Å². The predicted octanol–water partition coefficient (Wildman–Crippen LogP) is 2.89. The first-order valence-electron chi connectivity index (χ1n) is 5.68. The summed E-state index contributed by atoms with van der Waals surface area (Å²) in [6.07, 6.45) is 0. The van der Waals surface area contributed by atoms with Crippen LogP contribution < -0.4 is 15.8 Å². The molecule has 0 aromatic heterocycles. The van der Waals surface area contributed by atoms with Gasteiger partial charge in [-0.2, -0.15) is 0 Å². The Morgan fingerprint density at radius 1 is 1.16 bits per heavy atom. The second-order valence-electron chi connectivity index (χ2n) is 3.88. The lowest BCUT2D eigenvalue weighted by Crippen LogP contribution is -2.20. The van der Waals surface area contributed by atoms with Crippen LogP contribution in [0.25, 0.3) is 0 Å². The van der Waals surface area contributed by atoms with E-state index < -0.39 is 0 Å². The van der Waals surface area contributed by atoms with E-state index in [1.165, 1.54) is 0 Å². The van der Waals surface area contributed by atoms with Gasteiger partial charge < -0.3 is 15.8 Å². The lowest BCUT2D eigenvalue weighted by atomic mass is 10.3. The van der Waals surface area contributed by atoms with Crippen molar-refractivity contribution in [2.45, 2.75) is 0 Å². The van der Waals surface area contributed by atoms with Crippen LogP contribution in [0, 0.1) is 3.57 Å². The first-order chi connectivity index (χ1) is 9.15. The Morgan fingerprint density at radius 2 is 1.84 bits per heavy atom. The fourth-order valence-corrected chi connectivity index (χ4v) is 1.85. The van der Waals surface area contributed by atoms with Gasteiger partial charge in [-0.25, -0.2) is 0 Å². The largest absolute Gasteiger partial charge is 0.482 e. The number of hydrogen-bond acceptors (Lipinski definition) is 3. The van der Waals surface area contributed by atoms with Crippen LogP contribution in [-0.2, 0) is 4.79 Å². The number of nitrogens with one attached hydrogen (secondary N) is 1. The minimum absolute atomic E-state index is 0.0692. The number of para-hydroxylation sites is 2. The van der Waals surface area contributed by atoms with Gasteiger partial charge in [-0.3, -0.25) is 4.79 Å². The number of halogens is 1. The average molecular weight is 368 g/mol. The summed E-state index contributed by atoms with van der Waals surface area (Å²) in [4.78, 5) is 11.7. The van der Waals surface area contributed by atoms with Crippen molar-refractivity contribution in [2.24, 2.45) is 0 Å². The maximum atomic E-state index is 11.7. The molecule has 0 aliphatic carbocycles. The highest BCUT2D eigenvalue weighted by atomic mass is 127. The third kappa shape index (κ3) is 4.13. The zero-order chi connectivity index (χ0) is 13.7. The van der Waals surface area contributed by atoms with Crippen molar-refractivity contribution in [1.82, 2.24) is 0 Å². The number of anilines is 2. The Balaban J connectivity index is 1.88. The zero-order valence-electron chi connectivity index (χ0n) is 10.1. The number of benzene rings is 2. The Bertz CT molecular complexity index is 570. The molecule has 0 heterocycles. The molecule has 0 aliphatic heterocycles. The van der Waals surface area contributed by atoms with Crippen molar-refractivity contribution >= 4 is 39.9 Å². The van der Waals surface area contributed by atoms with Crippen molar-refractivity contribution in [3.63, 3.8) is 0 Å². The van der Waals surface area contributed by atoms with Gasteiger partial charge in [0.05, 0.1) is 5.69 Å². The lowest BCUT2D eigenvalue weighted by molar-refractivity contribution is -0.118. The molecular formula is C14H13IN2O2. The molecule has 0 aliphatic rings. The Morgan fingerprint density at radius 3 is 2.53 bits per heavy atom. The van der Waals surface area contributed by atoms with E-state index in [0.29, 0.717) is 11.4 Å². The topological polar surface area (TPSA) is 64.3 Å². The van der Waals surface area contributed by atoms with Crippen LogP contribution in [0.5, 0.6) is 5.75 Å². The Kier molecular flexibility index (Phi) is 4.62. The van der Waals surface area contributed by atoms with Gasteiger partial charge in [0.1, 0.15) is 5.75 Å². The summed E-state index contributed by atoms with van der Waals surface area (Å²) in [5, 5.41) is 2.75. The average Bonchev–Trinajstić information content (AvgIpc) is 2.40. The van der Waals surface area contributed by atoms with Crippen molar-refractivity contribution in [1.29, 1.82) is 0 Å². The number of rotatable bonds is 4. The molecule has 0 atom stereocenters. The smallest absolute Gasteiger partial charge is 0.262 e. The standard InChI is InChI=1S/C14H13IN2O2/c15-10-5-7-11(8-6-10)17-14(18)9-19-13-4-2-1-3-12(13)16/h1-8H,9,16H2,(H,17,18). The first-order valence-corrected chi connectivity index (χ1v) is 6.76. The zero-order valence-corrected chi connectivity index (χ0v) is 12.3. The van der Waals surface area contributed by atoms with Crippen molar-refractivity contribution in [3.05, 3.63) is 52.1 Å². The Labute approximate surface area is 125 Å². The third-order valence-corrected chi connectivity index (χ3v) is 3.12. The van der Waals surface area contributed by atoms with Crippen LogP contribution in [0.3, 0.4) is 0 Å². The van der Waals surface area contributed by atoms with Crippen molar-refractivity contribution < 1.29 is 9.53 Å². The van der Waals surface area contributed by atoms with E-state index in [-0.39, 0.29) is 12.5 Å². The van der Waals surface area contributed by atoms with Gasteiger partial charge >= 0.3 is 0 Å². The highest BCUT2D eigenvalue weighted by molar-refractivity contribution is 14.1. The number of ether oxygens (including phenoxy) is 1. The van der Waals surface area contributed by atoms with Gasteiger partial charge in [-0.05, 0) is 59.0 Å². The molecular weight excluding hydrogens is 355 g/mol. The van der Waals surface area contributed by atoms with Crippen molar-refractivity contribution in [2.75, 3.05) is 17.7 Å². The molecule has 0 fully saturated rings. The maximum absolute atomic E-state index is 11.7. The van der Waals surface area contributed by atoms with E-state index >= 15 is 0 Å². The van der Waals surface area contributed by atoms with Crippen LogP contribution in [0.15, 0.2) is 48.5 Å². The molecule has 2 aromatic carbocycles. The molecule has 2 rings (SSSR count). The van der Waals surface area contributed by atoms with E-state index in [2.05, 4.69) is 27.9 Å². The predicted molar refractivity (Wildman–Crippen MR) is 84.1 cm³/mol. The quantitative estimate of drug-likeness (QED) is 0.645. The van der Waals surface area contributed by atoms with Gasteiger partial charge in [0.2, 0.25) is 0 Å². The monoisotopic (exact) mass is 368 g/mol. The van der Waals surface area contributed by atoms with E-state index in [9.17, 15) is 4.79 Å². The molecule has 0 bridgehead atoms. The van der Waals surface area contributed by atoms with E-state index in [1.54, 1.807) is 12.1 Å². The first kappa shape index (κ1) is 13.7. The van der Waals surface area contributed by atoms with E-state index in [0.717, 1.165) is 9.26 Å². The molecule has 4 nitrogen and oxygen atoms in total. The fraction of sp³-hybridized carbons (Fsp3) is 0.0714. The lowest BCUT2D eigenvalue weighted by Gasteiger charge is -2.09. The maximum Gasteiger partial charge on any atom is 0.262 e. The molecule has 5 heteroatoms. The summed E-state index contributed by atoms with van der Waals surface area (Å²) in [6.45, 7) is -0.0692. The molecule has 19 heavy (non-hydrogen) atoms. The summed E-state index contributed by atoms with van der Waals surface area (Å²) in [5.41, 5.74) is 6.98. The number of carbonyl (C=O) groups excluding carboxylic acids is 1. The summed E-state index contributed by atoms with van der Waals surface area (Å²) < 4.78 is 6.47.